The average Bonchev–Trinajstić information content (AvgIpc) is 3.03. The molecule has 2 aromatic heterocycles. The van der Waals surface area contributed by atoms with Crippen LogP contribution in [0.3, 0.4) is 0 Å². The summed E-state index contributed by atoms with van der Waals surface area (Å²) < 4.78 is 27.9. The number of amides is 1. The number of carbonyl (C=O) groups is 1. The molecule has 2 N–H and O–H groups in total. The van der Waals surface area contributed by atoms with Gasteiger partial charge in [-0.3, -0.25) is 4.79 Å². The van der Waals surface area contributed by atoms with Crippen LogP contribution in [-0.2, 0) is 9.84 Å². The highest BCUT2D eigenvalue weighted by atomic mass is 32.2. The predicted molar refractivity (Wildman–Crippen MR) is 85.8 cm³/mol. The largest absolute Gasteiger partial charge is 0.360 e. The lowest BCUT2D eigenvalue weighted by Crippen LogP contribution is -2.36. The van der Waals surface area contributed by atoms with E-state index in [-0.39, 0.29) is 23.2 Å². The molecule has 0 spiro atoms. The minimum absolute atomic E-state index is 0.0356. The zero-order valence-corrected chi connectivity index (χ0v) is 14.1. The van der Waals surface area contributed by atoms with E-state index in [4.69, 9.17) is 4.52 Å². The van der Waals surface area contributed by atoms with Crippen LogP contribution in [0.1, 0.15) is 28.5 Å². The summed E-state index contributed by atoms with van der Waals surface area (Å²) in [5, 5.41) is 9.44. The molecule has 128 valence electrons. The van der Waals surface area contributed by atoms with Crippen LogP contribution in [0.25, 0.3) is 0 Å². The summed E-state index contributed by atoms with van der Waals surface area (Å²) >= 11 is 0. The van der Waals surface area contributed by atoms with E-state index in [1.165, 1.54) is 6.07 Å². The fourth-order valence-corrected chi connectivity index (χ4v) is 4.15. The third kappa shape index (κ3) is 3.88. The Morgan fingerprint density at radius 1 is 1.25 bits per heavy atom. The highest BCUT2D eigenvalue weighted by Crippen LogP contribution is 2.16. The van der Waals surface area contributed by atoms with Crippen molar-refractivity contribution < 1.29 is 17.7 Å². The molecule has 1 fully saturated rings. The van der Waals surface area contributed by atoms with Gasteiger partial charge in [-0.2, -0.15) is 0 Å². The van der Waals surface area contributed by atoms with Crippen LogP contribution in [0.4, 0.5) is 11.6 Å². The molecule has 0 saturated carbocycles. The summed E-state index contributed by atoms with van der Waals surface area (Å²) in [7, 11) is -3.06. The standard InChI is InChI=1S/C14H17N5O4S/c1-8-5-13(19-23-8)18-12-6-11(15-9(2)16-12)14(20)17-10-3-4-24(21,22)7-10/h5-6,10H,3-4,7H2,1-2H3,(H,17,20)(H,15,16,18,19). The predicted octanol–water partition coefficient (Wildman–Crippen LogP) is 0.742. The Hall–Kier alpha value is -2.49. The molecule has 1 saturated heterocycles. The van der Waals surface area contributed by atoms with Gasteiger partial charge in [-0.25, -0.2) is 18.4 Å². The molecule has 24 heavy (non-hydrogen) atoms. The van der Waals surface area contributed by atoms with E-state index >= 15 is 0 Å². The SMILES string of the molecule is Cc1nc(Nc2cc(C)on2)cc(C(=O)NC2CCS(=O)(=O)C2)n1. The van der Waals surface area contributed by atoms with Crippen molar-refractivity contribution >= 4 is 27.4 Å². The molecule has 2 aromatic rings. The second-order valence-electron chi connectivity index (χ2n) is 5.71. The zero-order chi connectivity index (χ0) is 17.3. The first kappa shape index (κ1) is 16.4. The van der Waals surface area contributed by atoms with E-state index in [1.807, 2.05) is 0 Å². The number of aryl methyl sites for hydroxylation is 2. The van der Waals surface area contributed by atoms with Crippen LogP contribution in [0, 0.1) is 13.8 Å². The molecule has 1 aliphatic heterocycles. The number of hydrogen-bond donors (Lipinski definition) is 2. The number of carbonyl (C=O) groups excluding carboxylic acids is 1. The smallest absolute Gasteiger partial charge is 0.270 e. The van der Waals surface area contributed by atoms with Gasteiger partial charge in [0.05, 0.1) is 11.5 Å². The second kappa shape index (κ2) is 6.19. The first-order chi connectivity index (χ1) is 11.3. The Bertz CT molecular complexity index is 877. The fourth-order valence-electron chi connectivity index (χ4n) is 2.47. The molecule has 0 aromatic carbocycles. The maximum absolute atomic E-state index is 12.3. The van der Waals surface area contributed by atoms with E-state index in [9.17, 15) is 13.2 Å². The Morgan fingerprint density at radius 2 is 2.04 bits per heavy atom. The van der Waals surface area contributed by atoms with Crippen molar-refractivity contribution in [2.45, 2.75) is 26.3 Å². The van der Waals surface area contributed by atoms with Gasteiger partial charge in [0.2, 0.25) is 0 Å². The van der Waals surface area contributed by atoms with Crippen molar-refractivity contribution in [3.8, 4) is 0 Å². The molecule has 3 rings (SSSR count). The van der Waals surface area contributed by atoms with E-state index in [0.717, 1.165) is 0 Å². The van der Waals surface area contributed by atoms with Crippen LogP contribution >= 0.6 is 0 Å². The van der Waals surface area contributed by atoms with Gasteiger partial charge in [0, 0.05) is 18.2 Å². The van der Waals surface area contributed by atoms with E-state index < -0.39 is 15.7 Å². The minimum Gasteiger partial charge on any atom is -0.360 e. The lowest BCUT2D eigenvalue weighted by atomic mass is 10.2. The molecule has 10 heteroatoms. The molecule has 0 bridgehead atoms. The van der Waals surface area contributed by atoms with Crippen LogP contribution in [0.5, 0.6) is 0 Å². The molecule has 1 atom stereocenters. The van der Waals surface area contributed by atoms with E-state index in [2.05, 4.69) is 25.8 Å². The van der Waals surface area contributed by atoms with Crippen molar-refractivity contribution in [1.29, 1.82) is 0 Å². The Labute approximate surface area is 138 Å². The van der Waals surface area contributed by atoms with Gasteiger partial charge in [0.25, 0.3) is 5.91 Å². The number of aromatic nitrogens is 3. The normalized spacial score (nSPS) is 19.2. The molecular formula is C14H17N5O4S. The maximum atomic E-state index is 12.3. The Morgan fingerprint density at radius 3 is 2.67 bits per heavy atom. The first-order valence-electron chi connectivity index (χ1n) is 7.38. The number of nitrogens with one attached hydrogen (secondary N) is 2. The summed E-state index contributed by atoms with van der Waals surface area (Å²) in [5.74, 6) is 1.56. The summed E-state index contributed by atoms with van der Waals surface area (Å²) in [6.07, 6.45) is 0.418. The van der Waals surface area contributed by atoms with Gasteiger partial charge in [-0.15, -0.1) is 0 Å². The Balaban J connectivity index is 1.74. The van der Waals surface area contributed by atoms with E-state index in [1.54, 1.807) is 19.9 Å². The molecule has 9 nitrogen and oxygen atoms in total. The molecule has 1 aliphatic rings. The third-order valence-electron chi connectivity index (χ3n) is 3.52. The van der Waals surface area contributed by atoms with Crippen molar-refractivity contribution in [1.82, 2.24) is 20.4 Å². The van der Waals surface area contributed by atoms with E-state index in [0.29, 0.717) is 29.6 Å². The van der Waals surface area contributed by atoms with Gasteiger partial charge in [0.15, 0.2) is 15.7 Å². The lowest BCUT2D eigenvalue weighted by molar-refractivity contribution is 0.0935. The van der Waals surface area contributed by atoms with Crippen molar-refractivity contribution in [3.05, 3.63) is 29.4 Å². The lowest BCUT2D eigenvalue weighted by Gasteiger charge is -2.11. The summed E-state index contributed by atoms with van der Waals surface area (Å²) in [5.41, 5.74) is 0.162. The summed E-state index contributed by atoms with van der Waals surface area (Å²) in [6.45, 7) is 3.42. The number of rotatable bonds is 4. The van der Waals surface area contributed by atoms with Crippen LogP contribution in [-0.4, -0.2) is 47.0 Å². The first-order valence-corrected chi connectivity index (χ1v) is 9.20. The maximum Gasteiger partial charge on any atom is 0.270 e. The average molecular weight is 351 g/mol. The number of anilines is 2. The third-order valence-corrected chi connectivity index (χ3v) is 5.29. The monoisotopic (exact) mass is 351 g/mol. The van der Waals surface area contributed by atoms with Crippen molar-refractivity contribution in [3.63, 3.8) is 0 Å². The molecular weight excluding hydrogens is 334 g/mol. The number of sulfone groups is 1. The Kier molecular flexibility index (Phi) is 4.22. The highest BCUT2D eigenvalue weighted by Gasteiger charge is 2.29. The van der Waals surface area contributed by atoms with Gasteiger partial charge in [-0.05, 0) is 20.3 Å². The minimum atomic E-state index is -3.06. The van der Waals surface area contributed by atoms with Gasteiger partial charge >= 0.3 is 0 Å². The highest BCUT2D eigenvalue weighted by molar-refractivity contribution is 7.91. The van der Waals surface area contributed by atoms with Crippen molar-refractivity contribution in [2.75, 3.05) is 16.8 Å². The van der Waals surface area contributed by atoms with Gasteiger partial charge in [-0.1, -0.05) is 5.16 Å². The molecule has 1 unspecified atom stereocenters. The summed E-state index contributed by atoms with van der Waals surface area (Å²) in [6, 6.07) is 2.79. The van der Waals surface area contributed by atoms with Crippen LogP contribution in [0.15, 0.2) is 16.7 Å². The topological polar surface area (TPSA) is 127 Å². The van der Waals surface area contributed by atoms with Gasteiger partial charge in [0.1, 0.15) is 23.1 Å². The fraction of sp³-hybridized carbons (Fsp3) is 0.429. The molecule has 0 radical (unpaired) electrons. The van der Waals surface area contributed by atoms with Crippen LogP contribution in [0.2, 0.25) is 0 Å². The zero-order valence-electron chi connectivity index (χ0n) is 13.2. The molecule has 1 amide bonds. The van der Waals surface area contributed by atoms with Crippen LogP contribution < -0.4 is 10.6 Å². The van der Waals surface area contributed by atoms with Gasteiger partial charge < -0.3 is 15.2 Å². The number of hydrogen-bond acceptors (Lipinski definition) is 8. The van der Waals surface area contributed by atoms with Crippen molar-refractivity contribution in [2.24, 2.45) is 0 Å². The number of nitrogens with zero attached hydrogens (tertiary/aromatic N) is 3. The second-order valence-corrected chi connectivity index (χ2v) is 7.94. The molecule has 3 heterocycles. The summed E-state index contributed by atoms with van der Waals surface area (Å²) in [4.78, 5) is 20.6. The molecule has 0 aliphatic carbocycles. The quantitative estimate of drug-likeness (QED) is 0.826.